The van der Waals surface area contributed by atoms with Gasteiger partial charge in [-0.1, -0.05) is 41.9 Å². The van der Waals surface area contributed by atoms with E-state index in [9.17, 15) is 14.4 Å². The van der Waals surface area contributed by atoms with Crippen LogP contribution < -0.4 is 10.6 Å². The first-order valence-electron chi connectivity index (χ1n) is 13.2. The van der Waals surface area contributed by atoms with Crippen molar-refractivity contribution in [3.63, 3.8) is 0 Å². The maximum Gasteiger partial charge on any atom is 0.338 e. The average Bonchev–Trinajstić information content (AvgIpc) is 3.48. The van der Waals surface area contributed by atoms with E-state index in [1.54, 1.807) is 44.2 Å². The van der Waals surface area contributed by atoms with E-state index in [1.165, 1.54) is 34.4 Å². The molecular formula is C31H28ClFN2O5S. The highest BCUT2D eigenvalue weighted by Gasteiger charge is 2.51. The monoisotopic (exact) mass is 594 g/mol. The van der Waals surface area contributed by atoms with Gasteiger partial charge in [0.05, 0.1) is 30.4 Å². The van der Waals surface area contributed by atoms with Crippen molar-refractivity contribution in [1.82, 2.24) is 0 Å². The lowest BCUT2D eigenvalue weighted by Crippen LogP contribution is -2.46. The second kappa shape index (κ2) is 11.9. The summed E-state index contributed by atoms with van der Waals surface area (Å²) >= 11 is 7.77. The molecule has 0 saturated carbocycles. The first kappa shape index (κ1) is 28.6. The summed E-state index contributed by atoms with van der Waals surface area (Å²) in [5, 5.41) is 2.24. The van der Waals surface area contributed by atoms with Crippen LogP contribution in [0.1, 0.15) is 42.5 Å². The molecule has 7 nitrogen and oxygen atoms in total. The van der Waals surface area contributed by atoms with E-state index < -0.39 is 41.3 Å². The third kappa shape index (κ3) is 5.15. The molecule has 2 heterocycles. The highest BCUT2D eigenvalue weighted by Crippen LogP contribution is 2.52. The van der Waals surface area contributed by atoms with Crippen molar-refractivity contribution >= 4 is 46.3 Å². The quantitative estimate of drug-likeness (QED) is 0.262. The summed E-state index contributed by atoms with van der Waals surface area (Å²) in [5.74, 6) is -5.40. The van der Waals surface area contributed by atoms with Gasteiger partial charge >= 0.3 is 11.9 Å². The summed E-state index contributed by atoms with van der Waals surface area (Å²) < 4.78 is 26.2. The van der Waals surface area contributed by atoms with Gasteiger partial charge < -0.3 is 15.2 Å². The van der Waals surface area contributed by atoms with Crippen LogP contribution in [0.5, 0.6) is 0 Å². The number of ether oxygens (including phenoxy) is 2. The van der Waals surface area contributed by atoms with Crippen molar-refractivity contribution in [2.75, 3.05) is 18.1 Å². The van der Waals surface area contributed by atoms with Crippen molar-refractivity contribution in [3.8, 4) is 0 Å². The SMILES string of the molecule is CCOC(=O)C1=C(N)N(c2ccccc2F)C2=C(C(=O)C(C(=O)OCC)C(c3cccs3)C2)C1c1cccc(Cl)c1. The molecule has 10 heteroatoms. The van der Waals surface area contributed by atoms with Gasteiger partial charge in [0.25, 0.3) is 0 Å². The topological polar surface area (TPSA) is 98.9 Å². The van der Waals surface area contributed by atoms with E-state index in [1.807, 2.05) is 17.5 Å². The smallest absolute Gasteiger partial charge is 0.338 e. The molecule has 1 aliphatic carbocycles. The van der Waals surface area contributed by atoms with Crippen LogP contribution in [0.25, 0.3) is 0 Å². The van der Waals surface area contributed by atoms with E-state index in [-0.39, 0.29) is 42.3 Å². The van der Waals surface area contributed by atoms with Gasteiger partial charge in [0.15, 0.2) is 5.78 Å². The Balaban J connectivity index is 1.83. The standard InChI is InChI=1S/C31H28ClFN2O5S/c1-3-39-30(37)25-19(23-13-8-14-41-23)16-22-26(28(25)36)24(17-9-7-10-18(32)15-17)27(31(38)40-4-2)29(34)35(22)21-12-6-5-11-20(21)33/h5-15,19,24-25H,3-4,16,34H2,1-2H3. The fourth-order valence-electron chi connectivity index (χ4n) is 5.64. The molecule has 1 aromatic heterocycles. The zero-order valence-corrected chi connectivity index (χ0v) is 24.0. The average molecular weight is 595 g/mol. The van der Waals surface area contributed by atoms with Crippen LogP contribution in [0.4, 0.5) is 10.1 Å². The summed E-state index contributed by atoms with van der Waals surface area (Å²) in [5.41, 5.74) is 7.83. The molecule has 0 spiro atoms. The number of halogens is 2. The van der Waals surface area contributed by atoms with Gasteiger partial charge in [-0.3, -0.25) is 14.5 Å². The molecule has 1 aliphatic heterocycles. The Bertz CT molecular complexity index is 1570. The number of nitrogens with two attached hydrogens (primary N) is 1. The number of rotatable bonds is 7. The number of nitrogens with zero attached hydrogens (tertiary/aromatic N) is 1. The summed E-state index contributed by atoms with van der Waals surface area (Å²) in [6.45, 7) is 3.46. The molecular weight excluding hydrogens is 567 g/mol. The summed E-state index contributed by atoms with van der Waals surface area (Å²) in [6.07, 6.45) is 0.160. The summed E-state index contributed by atoms with van der Waals surface area (Å²) in [4.78, 5) is 43.8. The van der Waals surface area contributed by atoms with E-state index in [0.29, 0.717) is 16.3 Å². The number of carbonyl (C=O) groups excluding carboxylic acids is 3. The fraction of sp³-hybridized carbons (Fsp3) is 0.258. The molecule has 0 saturated heterocycles. The van der Waals surface area contributed by atoms with Crippen molar-refractivity contribution < 1.29 is 28.2 Å². The van der Waals surface area contributed by atoms with Crippen molar-refractivity contribution in [2.45, 2.75) is 32.1 Å². The van der Waals surface area contributed by atoms with Crippen LogP contribution in [-0.2, 0) is 23.9 Å². The minimum Gasteiger partial charge on any atom is -0.465 e. The molecule has 2 aliphatic rings. The zero-order chi connectivity index (χ0) is 29.3. The number of benzene rings is 2. The Morgan fingerprint density at radius 3 is 2.49 bits per heavy atom. The van der Waals surface area contributed by atoms with Gasteiger partial charge in [-0.15, -0.1) is 11.3 Å². The van der Waals surface area contributed by atoms with Crippen LogP contribution >= 0.6 is 22.9 Å². The third-order valence-corrected chi connectivity index (χ3v) is 8.50. The van der Waals surface area contributed by atoms with Crippen molar-refractivity contribution in [2.24, 2.45) is 11.7 Å². The Morgan fingerprint density at radius 1 is 1.07 bits per heavy atom. The Kier molecular flexibility index (Phi) is 8.28. The minimum absolute atomic E-state index is 0.0401. The largest absolute Gasteiger partial charge is 0.465 e. The number of anilines is 1. The molecule has 0 radical (unpaired) electrons. The second-order valence-electron chi connectivity index (χ2n) is 9.57. The van der Waals surface area contributed by atoms with Crippen LogP contribution in [0.2, 0.25) is 5.02 Å². The van der Waals surface area contributed by atoms with E-state index in [2.05, 4.69) is 0 Å². The number of esters is 2. The first-order chi connectivity index (χ1) is 19.8. The van der Waals surface area contributed by atoms with E-state index >= 15 is 4.39 Å². The molecule has 212 valence electrons. The third-order valence-electron chi connectivity index (χ3n) is 7.26. The first-order valence-corrected chi connectivity index (χ1v) is 14.5. The lowest BCUT2D eigenvalue weighted by atomic mass is 9.68. The molecule has 3 aromatic rings. The highest BCUT2D eigenvalue weighted by atomic mass is 35.5. The molecule has 0 amide bonds. The number of carbonyl (C=O) groups is 3. The van der Waals surface area contributed by atoms with Gasteiger partial charge in [0.2, 0.25) is 0 Å². The lowest BCUT2D eigenvalue weighted by molar-refractivity contribution is -0.152. The number of ketones is 1. The molecule has 5 rings (SSSR count). The number of para-hydroxylation sites is 1. The van der Waals surface area contributed by atoms with Gasteiger partial charge in [0, 0.05) is 27.1 Å². The predicted octanol–water partition coefficient (Wildman–Crippen LogP) is 6.07. The molecule has 3 unspecified atom stereocenters. The molecule has 2 N–H and O–H groups in total. The second-order valence-corrected chi connectivity index (χ2v) is 11.0. The van der Waals surface area contributed by atoms with Gasteiger partial charge in [-0.05, 0) is 61.5 Å². The number of hydrogen-bond donors (Lipinski definition) is 1. The van der Waals surface area contributed by atoms with Crippen LogP contribution in [-0.4, -0.2) is 30.9 Å². The predicted molar refractivity (Wildman–Crippen MR) is 155 cm³/mol. The maximum absolute atomic E-state index is 15.4. The number of allylic oxidation sites excluding steroid dienone is 2. The lowest BCUT2D eigenvalue weighted by Gasteiger charge is -2.43. The van der Waals surface area contributed by atoms with Gasteiger partial charge in [-0.2, -0.15) is 0 Å². The number of thiophene rings is 1. The molecule has 0 bridgehead atoms. The van der Waals surface area contributed by atoms with Crippen LogP contribution in [0, 0.1) is 11.7 Å². The Morgan fingerprint density at radius 2 is 1.83 bits per heavy atom. The fourth-order valence-corrected chi connectivity index (χ4v) is 6.70. The number of Topliss-reactive ketones (excluding diaryl/α,β-unsaturated/α-hetero) is 1. The Labute approximate surface area is 246 Å². The molecule has 41 heavy (non-hydrogen) atoms. The highest BCUT2D eigenvalue weighted by molar-refractivity contribution is 7.10. The van der Waals surface area contributed by atoms with Crippen LogP contribution in [0.3, 0.4) is 0 Å². The molecule has 2 aromatic carbocycles. The molecule has 3 atom stereocenters. The number of hydrogen-bond acceptors (Lipinski definition) is 8. The van der Waals surface area contributed by atoms with Gasteiger partial charge in [0.1, 0.15) is 17.6 Å². The zero-order valence-electron chi connectivity index (χ0n) is 22.4. The van der Waals surface area contributed by atoms with Gasteiger partial charge in [-0.25, -0.2) is 9.18 Å². The van der Waals surface area contributed by atoms with Crippen molar-refractivity contribution in [3.05, 3.63) is 110 Å². The minimum atomic E-state index is -1.18. The normalized spacial score (nSPS) is 20.6. The summed E-state index contributed by atoms with van der Waals surface area (Å²) in [6, 6.07) is 16.4. The van der Waals surface area contributed by atoms with E-state index in [0.717, 1.165) is 4.88 Å². The van der Waals surface area contributed by atoms with E-state index in [4.69, 9.17) is 26.8 Å². The Hall–Kier alpha value is -3.95. The van der Waals surface area contributed by atoms with Crippen LogP contribution in [0.15, 0.2) is 88.7 Å². The maximum atomic E-state index is 15.4. The molecule has 0 fully saturated rings. The van der Waals surface area contributed by atoms with Crippen molar-refractivity contribution in [1.29, 1.82) is 0 Å². The summed E-state index contributed by atoms with van der Waals surface area (Å²) in [7, 11) is 0.